The largest absolute Gasteiger partial charge is 0.465 e. The van der Waals surface area contributed by atoms with E-state index in [2.05, 4.69) is 10.2 Å². The van der Waals surface area contributed by atoms with Crippen LogP contribution < -0.4 is 5.32 Å². The zero-order valence-corrected chi connectivity index (χ0v) is 12.3. The van der Waals surface area contributed by atoms with Crippen molar-refractivity contribution in [3.8, 4) is 0 Å². The molecule has 0 aromatic rings. The third-order valence-corrected chi connectivity index (χ3v) is 4.40. The first-order valence-electron chi connectivity index (χ1n) is 7.27. The number of likely N-dealkylation sites (tertiary alicyclic amines) is 1. The highest BCUT2D eigenvalue weighted by Gasteiger charge is 2.52. The molecule has 0 spiro atoms. The summed E-state index contributed by atoms with van der Waals surface area (Å²) < 4.78 is 10.7. The molecule has 0 aromatic heterocycles. The fourth-order valence-electron chi connectivity index (χ4n) is 3.07. The third kappa shape index (κ3) is 3.09. The third-order valence-electron chi connectivity index (χ3n) is 4.40. The first-order chi connectivity index (χ1) is 9.16. The quantitative estimate of drug-likeness (QED) is 0.688. The minimum Gasteiger partial charge on any atom is -0.465 e. The van der Waals surface area contributed by atoms with E-state index >= 15 is 0 Å². The Labute approximate surface area is 115 Å². The highest BCUT2D eigenvalue weighted by molar-refractivity contribution is 5.82. The molecular formula is C14H26N2O3. The number of likely N-dealkylation sites (N-methyl/N-ethyl adjacent to an activating group) is 1. The SMILES string of the molecule is CCOC(=O)C(CN1CCC(OC)C1)(NC)C1CC1. The molecule has 110 valence electrons. The van der Waals surface area contributed by atoms with Crippen LogP contribution in [0, 0.1) is 5.92 Å². The van der Waals surface area contributed by atoms with E-state index in [4.69, 9.17) is 9.47 Å². The molecule has 2 rings (SSSR count). The molecule has 1 saturated heterocycles. The zero-order chi connectivity index (χ0) is 13.9. The maximum Gasteiger partial charge on any atom is 0.327 e. The van der Waals surface area contributed by atoms with Crippen LogP contribution in [-0.2, 0) is 14.3 Å². The van der Waals surface area contributed by atoms with Crippen LogP contribution in [0.15, 0.2) is 0 Å². The molecule has 2 unspecified atom stereocenters. The minimum atomic E-state index is -0.529. The number of ether oxygens (including phenoxy) is 2. The molecule has 5 heteroatoms. The van der Waals surface area contributed by atoms with Gasteiger partial charge < -0.3 is 14.8 Å². The van der Waals surface area contributed by atoms with Crippen LogP contribution in [0.1, 0.15) is 26.2 Å². The molecule has 1 N–H and O–H groups in total. The fraction of sp³-hybridized carbons (Fsp3) is 0.929. The average molecular weight is 270 g/mol. The fourth-order valence-corrected chi connectivity index (χ4v) is 3.07. The van der Waals surface area contributed by atoms with Crippen molar-refractivity contribution in [2.75, 3.05) is 40.4 Å². The van der Waals surface area contributed by atoms with Gasteiger partial charge in [-0.1, -0.05) is 0 Å². The predicted molar refractivity (Wildman–Crippen MR) is 73.0 cm³/mol. The van der Waals surface area contributed by atoms with E-state index in [0.717, 1.165) is 38.9 Å². The summed E-state index contributed by atoms with van der Waals surface area (Å²) in [7, 11) is 3.63. The van der Waals surface area contributed by atoms with E-state index in [9.17, 15) is 4.79 Å². The molecule has 0 aromatic carbocycles. The molecule has 2 atom stereocenters. The van der Waals surface area contributed by atoms with Gasteiger partial charge in [0.25, 0.3) is 0 Å². The molecule has 2 fully saturated rings. The van der Waals surface area contributed by atoms with Gasteiger partial charge in [0.2, 0.25) is 0 Å². The molecule has 1 aliphatic carbocycles. The maximum absolute atomic E-state index is 12.4. The van der Waals surface area contributed by atoms with Crippen LogP contribution in [0.25, 0.3) is 0 Å². The van der Waals surface area contributed by atoms with Crippen LogP contribution in [0.4, 0.5) is 0 Å². The molecule has 1 heterocycles. The first kappa shape index (κ1) is 14.8. The van der Waals surface area contributed by atoms with Gasteiger partial charge in [-0.2, -0.15) is 0 Å². The number of nitrogens with zero attached hydrogens (tertiary/aromatic N) is 1. The van der Waals surface area contributed by atoms with E-state index in [1.165, 1.54) is 0 Å². The zero-order valence-electron chi connectivity index (χ0n) is 12.3. The van der Waals surface area contributed by atoms with E-state index in [-0.39, 0.29) is 5.97 Å². The Hall–Kier alpha value is -0.650. The Balaban J connectivity index is 2.03. The smallest absolute Gasteiger partial charge is 0.327 e. The molecule has 5 nitrogen and oxygen atoms in total. The second-order valence-electron chi connectivity index (χ2n) is 5.60. The van der Waals surface area contributed by atoms with E-state index in [0.29, 0.717) is 18.6 Å². The summed E-state index contributed by atoms with van der Waals surface area (Å²) in [4.78, 5) is 14.7. The van der Waals surface area contributed by atoms with Crippen LogP contribution >= 0.6 is 0 Å². The number of carbonyl (C=O) groups excluding carboxylic acids is 1. The molecule has 0 radical (unpaired) electrons. The summed E-state index contributed by atoms with van der Waals surface area (Å²) in [6, 6.07) is 0. The van der Waals surface area contributed by atoms with Crippen molar-refractivity contribution >= 4 is 5.97 Å². The lowest BCUT2D eigenvalue weighted by molar-refractivity contribution is -0.153. The van der Waals surface area contributed by atoms with Crippen molar-refractivity contribution < 1.29 is 14.3 Å². The number of rotatable bonds is 7. The lowest BCUT2D eigenvalue weighted by Gasteiger charge is -2.35. The Morgan fingerprint density at radius 1 is 1.42 bits per heavy atom. The highest BCUT2D eigenvalue weighted by atomic mass is 16.5. The van der Waals surface area contributed by atoms with Gasteiger partial charge in [0.05, 0.1) is 12.7 Å². The number of esters is 1. The van der Waals surface area contributed by atoms with E-state index in [1.54, 1.807) is 7.11 Å². The van der Waals surface area contributed by atoms with Gasteiger partial charge in [0.1, 0.15) is 5.54 Å². The van der Waals surface area contributed by atoms with Gasteiger partial charge in [-0.3, -0.25) is 4.90 Å². The molecule has 19 heavy (non-hydrogen) atoms. The van der Waals surface area contributed by atoms with Crippen LogP contribution in [0.5, 0.6) is 0 Å². The number of carbonyl (C=O) groups is 1. The van der Waals surface area contributed by atoms with Gasteiger partial charge in [0.15, 0.2) is 0 Å². The number of nitrogens with one attached hydrogen (secondary N) is 1. The van der Waals surface area contributed by atoms with Crippen molar-refractivity contribution in [2.45, 2.75) is 37.8 Å². The average Bonchev–Trinajstić information content (AvgIpc) is 3.17. The van der Waals surface area contributed by atoms with Crippen LogP contribution in [0.3, 0.4) is 0 Å². The summed E-state index contributed by atoms with van der Waals surface area (Å²) in [5.41, 5.74) is -0.529. The summed E-state index contributed by atoms with van der Waals surface area (Å²) in [6.07, 6.45) is 3.57. The minimum absolute atomic E-state index is 0.0964. The summed E-state index contributed by atoms with van der Waals surface area (Å²) in [6.45, 7) is 4.94. The standard InChI is InChI=1S/C14H26N2O3/c1-4-19-13(17)14(15-2,11-5-6-11)10-16-8-7-12(9-16)18-3/h11-12,15H,4-10H2,1-3H3. The van der Waals surface area contributed by atoms with Crippen molar-refractivity contribution in [2.24, 2.45) is 5.92 Å². The topological polar surface area (TPSA) is 50.8 Å². The van der Waals surface area contributed by atoms with Crippen LogP contribution in [0.2, 0.25) is 0 Å². The molecular weight excluding hydrogens is 244 g/mol. The molecule has 2 aliphatic rings. The summed E-state index contributed by atoms with van der Waals surface area (Å²) >= 11 is 0. The number of hydrogen-bond acceptors (Lipinski definition) is 5. The number of hydrogen-bond donors (Lipinski definition) is 1. The van der Waals surface area contributed by atoms with Crippen molar-refractivity contribution in [1.82, 2.24) is 10.2 Å². The van der Waals surface area contributed by atoms with Gasteiger partial charge >= 0.3 is 5.97 Å². The van der Waals surface area contributed by atoms with Gasteiger partial charge in [-0.05, 0) is 39.2 Å². The van der Waals surface area contributed by atoms with Crippen molar-refractivity contribution in [3.05, 3.63) is 0 Å². The van der Waals surface area contributed by atoms with Gasteiger partial charge in [-0.15, -0.1) is 0 Å². The first-order valence-corrected chi connectivity index (χ1v) is 7.27. The van der Waals surface area contributed by atoms with Crippen molar-refractivity contribution in [3.63, 3.8) is 0 Å². The Morgan fingerprint density at radius 2 is 2.16 bits per heavy atom. The monoisotopic (exact) mass is 270 g/mol. The molecule has 0 amide bonds. The summed E-state index contributed by atoms with van der Waals surface area (Å²) in [5, 5.41) is 3.26. The van der Waals surface area contributed by atoms with E-state index < -0.39 is 5.54 Å². The molecule has 1 saturated carbocycles. The van der Waals surface area contributed by atoms with Crippen LogP contribution in [-0.4, -0.2) is 62.9 Å². The Morgan fingerprint density at radius 3 is 2.63 bits per heavy atom. The second kappa shape index (κ2) is 6.20. The van der Waals surface area contributed by atoms with E-state index in [1.807, 2.05) is 14.0 Å². The van der Waals surface area contributed by atoms with Gasteiger partial charge in [-0.25, -0.2) is 4.79 Å². The lowest BCUT2D eigenvalue weighted by atomic mass is 9.92. The highest BCUT2D eigenvalue weighted by Crippen LogP contribution is 2.41. The Kier molecular flexibility index (Phi) is 4.81. The predicted octanol–water partition coefficient (Wildman–Crippen LogP) is 0.638. The maximum atomic E-state index is 12.4. The van der Waals surface area contributed by atoms with Gasteiger partial charge in [0, 0.05) is 26.7 Å². The van der Waals surface area contributed by atoms with Crippen molar-refractivity contribution in [1.29, 1.82) is 0 Å². The lowest BCUT2D eigenvalue weighted by Crippen LogP contribution is -2.60. The molecule has 0 bridgehead atoms. The normalized spacial score (nSPS) is 27.2. The summed E-state index contributed by atoms with van der Waals surface area (Å²) in [5.74, 6) is 0.319. The molecule has 1 aliphatic heterocycles. The Bertz CT molecular complexity index is 320. The second-order valence-corrected chi connectivity index (χ2v) is 5.60. The number of methoxy groups -OCH3 is 1.